The lowest BCUT2D eigenvalue weighted by Crippen LogP contribution is -2.16. The molecule has 1 N–H and O–H groups in total. The SMILES string of the molecule is CCn1c(CCC2CCCCC2)nnc1SCC(=O)Nc1sc(C(=O)OC)c(C)c1C(=O)OC. The third kappa shape index (κ3) is 6.18. The summed E-state index contributed by atoms with van der Waals surface area (Å²) in [6.45, 7) is 4.40. The van der Waals surface area contributed by atoms with Gasteiger partial charge in [0.1, 0.15) is 15.7 Å². The number of methoxy groups -OCH3 is 2. The van der Waals surface area contributed by atoms with Gasteiger partial charge in [0.2, 0.25) is 5.91 Å². The monoisotopic (exact) mass is 508 g/mol. The van der Waals surface area contributed by atoms with Crippen molar-refractivity contribution in [2.45, 2.75) is 70.5 Å². The molecule has 0 unspecified atom stereocenters. The van der Waals surface area contributed by atoms with Crippen molar-refractivity contribution in [3.8, 4) is 0 Å². The van der Waals surface area contributed by atoms with Crippen LogP contribution >= 0.6 is 23.1 Å². The number of hydrogen-bond donors (Lipinski definition) is 1. The van der Waals surface area contributed by atoms with E-state index in [1.807, 2.05) is 6.92 Å². The van der Waals surface area contributed by atoms with Gasteiger partial charge in [-0.05, 0) is 31.7 Å². The van der Waals surface area contributed by atoms with Crippen LogP contribution in [0.15, 0.2) is 5.16 Å². The number of nitrogens with zero attached hydrogens (tertiary/aromatic N) is 3. The number of hydrogen-bond acceptors (Lipinski definition) is 9. The van der Waals surface area contributed by atoms with Crippen molar-refractivity contribution in [2.24, 2.45) is 5.92 Å². The topological polar surface area (TPSA) is 112 Å². The molecule has 0 spiro atoms. The number of amides is 1. The Morgan fingerprint density at radius 1 is 1.12 bits per heavy atom. The lowest BCUT2D eigenvalue weighted by Gasteiger charge is -2.21. The van der Waals surface area contributed by atoms with Crippen molar-refractivity contribution in [2.75, 3.05) is 25.3 Å². The van der Waals surface area contributed by atoms with E-state index in [1.165, 1.54) is 58.1 Å². The van der Waals surface area contributed by atoms with Crippen molar-refractivity contribution in [1.29, 1.82) is 0 Å². The molecule has 11 heteroatoms. The fourth-order valence-corrected chi connectivity index (χ4v) is 6.22. The largest absolute Gasteiger partial charge is 0.465 e. The molecule has 1 fully saturated rings. The number of ether oxygens (including phenoxy) is 2. The van der Waals surface area contributed by atoms with E-state index in [2.05, 4.69) is 20.1 Å². The van der Waals surface area contributed by atoms with E-state index < -0.39 is 11.9 Å². The van der Waals surface area contributed by atoms with Gasteiger partial charge in [-0.15, -0.1) is 21.5 Å². The number of carbonyl (C=O) groups excluding carboxylic acids is 3. The van der Waals surface area contributed by atoms with Crippen LogP contribution in [0.2, 0.25) is 0 Å². The van der Waals surface area contributed by atoms with Crippen LogP contribution in [-0.2, 0) is 27.2 Å². The minimum absolute atomic E-state index is 0.0892. The number of esters is 2. The molecule has 186 valence electrons. The third-order valence-corrected chi connectivity index (χ3v) is 8.26. The first kappa shape index (κ1) is 26.2. The van der Waals surface area contributed by atoms with Gasteiger partial charge >= 0.3 is 11.9 Å². The highest BCUT2D eigenvalue weighted by Crippen LogP contribution is 2.34. The molecule has 0 atom stereocenters. The maximum Gasteiger partial charge on any atom is 0.348 e. The molecule has 0 saturated heterocycles. The Bertz CT molecular complexity index is 1030. The van der Waals surface area contributed by atoms with Crippen molar-refractivity contribution >= 4 is 45.9 Å². The first-order chi connectivity index (χ1) is 16.4. The summed E-state index contributed by atoms with van der Waals surface area (Å²) in [6.07, 6.45) is 8.62. The average Bonchev–Trinajstić information content (AvgIpc) is 3.40. The standard InChI is InChI=1S/C23H32N4O5S2/c1-5-27-16(12-11-15-9-7-6-8-10-15)25-26-23(27)33-13-17(28)24-20-18(21(29)31-3)14(2)19(34-20)22(30)32-4/h15H,5-13H2,1-4H3,(H,24,28). The number of rotatable bonds is 10. The Hall–Kier alpha value is -2.40. The van der Waals surface area contributed by atoms with E-state index >= 15 is 0 Å². The van der Waals surface area contributed by atoms with Crippen LogP contribution < -0.4 is 5.32 Å². The van der Waals surface area contributed by atoms with Crippen LogP contribution in [0.5, 0.6) is 0 Å². The zero-order valence-electron chi connectivity index (χ0n) is 20.1. The molecular formula is C23H32N4O5S2. The maximum atomic E-state index is 12.7. The van der Waals surface area contributed by atoms with Crippen molar-refractivity contribution in [1.82, 2.24) is 14.8 Å². The minimum Gasteiger partial charge on any atom is -0.465 e. The summed E-state index contributed by atoms with van der Waals surface area (Å²) < 4.78 is 11.7. The van der Waals surface area contributed by atoms with Crippen LogP contribution in [-0.4, -0.2) is 52.6 Å². The first-order valence-electron chi connectivity index (χ1n) is 11.5. The van der Waals surface area contributed by atoms with E-state index in [0.717, 1.165) is 42.5 Å². The summed E-state index contributed by atoms with van der Waals surface area (Å²) in [5, 5.41) is 12.4. The van der Waals surface area contributed by atoms with Gasteiger partial charge in [0, 0.05) is 13.0 Å². The second kappa shape index (κ2) is 12.3. The molecular weight excluding hydrogens is 476 g/mol. The number of thiophene rings is 1. The van der Waals surface area contributed by atoms with Crippen LogP contribution in [0.3, 0.4) is 0 Å². The molecule has 2 aromatic heterocycles. The van der Waals surface area contributed by atoms with Gasteiger partial charge in [-0.25, -0.2) is 9.59 Å². The van der Waals surface area contributed by atoms with E-state index in [9.17, 15) is 14.4 Å². The Labute approximate surface area is 208 Å². The van der Waals surface area contributed by atoms with Crippen LogP contribution in [0.25, 0.3) is 0 Å². The smallest absolute Gasteiger partial charge is 0.348 e. The third-order valence-electron chi connectivity index (χ3n) is 6.10. The van der Waals surface area contributed by atoms with E-state index in [-0.39, 0.29) is 27.1 Å². The quantitative estimate of drug-likeness (QED) is 0.369. The number of aryl methyl sites for hydroxylation is 1. The van der Waals surface area contributed by atoms with Crippen molar-refractivity contribution in [3.63, 3.8) is 0 Å². The summed E-state index contributed by atoms with van der Waals surface area (Å²) in [4.78, 5) is 37.2. The average molecular weight is 509 g/mol. The minimum atomic E-state index is -0.625. The molecule has 1 amide bonds. The zero-order chi connectivity index (χ0) is 24.7. The Balaban J connectivity index is 1.64. The lowest BCUT2D eigenvalue weighted by atomic mass is 9.86. The predicted molar refractivity (Wildman–Crippen MR) is 132 cm³/mol. The number of thioether (sulfide) groups is 1. The summed E-state index contributed by atoms with van der Waals surface area (Å²) in [5.41, 5.74) is 0.577. The van der Waals surface area contributed by atoms with Crippen LogP contribution in [0, 0.1) is 12.8 Å². The summed E-state index contributed by atoms with van der Waals surface area (Å²) in [6, 6.07) is 0. The van der Waals surface area contributed by atoms with Crippen LogP contribution in [0.1, 0.15) is 76.9 Å². The number of carbonyl (C=O) groups is 3. The van der Waals surface area contributed by atoms with Gasteiger partial charge in [-0.2, -0.15) is 0 Å². The van der Waals surface area contributed by atoms with Gasteiger partial charge in [0.25, 0.3) is 0 Å². The van der Waals surface area contributed by atoms with Gasteiger partial charge in [-0.1, -0.05) is 43.9 Å². The Morgan fingerprint density at radius 3 is 2.47 bits per heavy atom. The number of nitrogens with one attached hydrogen (secondary N) is 1. The second-order valence-corrected chi connectivity index (χ2v) is 10.2. The molecule has 1 aliphatic carbocycles. The molecule has 2 aromatic rings. The van der Waals surface area contributed by atoms with Gasteiger partial charge in [-0.3, -0.25) is 4.79 Å². The highest BCUT2D eigenvalue weighted by molar-refractivity contribution is 7.99. The fourth-order valence-electron chi connectivity index (χ4n) is 4.27. The Kier molecular flexibility index (Phi) is 9.52. The van der Waals surface area contributed by atoms with E-state index in [1.54, 1.807) is 6.92 Å². The van der Waals surface area contributed by atoms with Crippen LogP contribution in [0.4, 0.5) is 5.00 Å². The molecule has 3 rings (SSSR count). The highest BCUT2D eigenvalue weighted by Gasteiger charge is 2.27. The summed E-state index contributed by atoms with van der Waals surface area (Å²) in [7, 11) is 2.52. The molecule has 2 heterocycles. The van der Waals surface area contributed by atoms with Gasteiger partial charge < -0.3 is 19.4 Å². The fraction of sp³-hybridized carbons (Fsp3) is 0.609. The lowest BCUT2D eigenvalue weighted by molar-refractivity contribution is -0.113. The zero-order valence-corrected chi connectivity index (χ0v) is 21.8. The molecule has 0 radical (unpaired) electrons. The van der Waals surface area contributed by atoms with E-state index in [4.69, 9.17) is 9.47 Å². The van der Waals surface area contributed by atoms with E-state index in [0.29, 0.717) is 10.7 Å². The molecule has 34 heavy (non-hydrogen) atoms. The molecule has 9 nitrogen and oxygen atoms in total. The molecule has 1 aliphatic rings. The molecule has 0 aromatic carbocycles. The first-order valence-corrected chi connectivity index (χ1v) is 13.3. The normalized spacial score (nSPS) is 14.1. The molecule has 0 bridgehead atoms. The van der Waals surface area contributed by atoms with Gasteiger partial charge in [0.15, 0.2) is 5.16 Å². The Morgan fingerprint density at radius 2 is 1.82 bits per heavy atom. The number of anilines is 1. The van der Waals surface area contributed by atoms with Crippen molar-refractivity contribution < 1.29 is 23.9 Å². The maximum absolute atomic E-state index is 12.7. The van der Waals surface area contributed by atoms with Gasteiger partial charge in [0.05, 0.1) is 25.5 Å². The predicted octanol–water partition coefficient (Wildman–Crippen LogP) is 4.48. The number of aromatic nitrogens is 3. The molecule has 0 aliphatic heterocycles. The van der Waals surface area contributed by atoms with Crippen molar-refractivity contribution in [3.05, 3.63) is 21.8 Å². The highest BCUT2D eigenvalue weighted by atomic mass is 32.2. The summed E-state index contributed by atoms with van der Waals surface area (Å²) >= 11 is 2.29. The second-order valence-electron chi connectivity index (χ2n) is 8.27. The molecule has 1 saturated carbocycles. The summed E-state index contributed by atoms with van der Waals surface area (Å²) in [5.74, 6) is 0.305.